The minimum absolute atomic E-state index is 0.190. The SMILES string of the molecule is COc1ccc(-c2cc(C(=O)OCC(=O)N3CCN(c4ccccc4)CC3)c3ccccc3n2)cc1. The highest BCUT2D eigenvalue weighted by molar-refractivity contribution is 6.05. The highest BCUT2D eigenvalue weighted by Crippen LogP contribution is 2.27. The molecule has 7 heteroatoms. The number of rotatable bonds is 6. The summed E-state index contributed by atoms with van der Waals surface area (Å²) in [7, 11) is 1.61. The van der Waals surface area contributed by atoms with Crippen LogP contribution in [0, 0.1) is 0 Å². The Morgan fingerprint density at radius 3 is 2.28 bits per heavy atom. The number of carbonyl (C=O) groups is 2. The second-order valence-electron chi connectivity index (χ2n) is 8.58. The third-order valence-electron chi connectivity index (χ3n) is 6.40. The molecule has 0 unspecified atom stereocenters. The molecule has 0 bridgehead atoms. The molecule has 1 amide bonds. The summed E-state index contributed by atoms with van der Waals surface area (Å²) in [5, 5.41) is 0.684. The molecule has 36 heavy (non-hydrogen) atoms. The predicted octanol–water partition coefficient (Wildman–Crippen LogP) is 4.42. The van der Waals surface area contributed by atoms with E-state index >= 15 is 0 Å². The van der Waals surface area contributed by atoms with Gasteiger partial charge in [0.1, 0.15) is 5.75 Å². The summed E-state index contributed by atoms with van der Waals surface area (Å²) in [6, 6.07) is 26.8. The van der Waals surface area contributed by atoms with Gasteiger partial charge in [0.2, 0.25) is 0 Å². The fourth-order valence-corrected chi connectivity index (χ4v) is 4.40. The summed E-state index contributed by atoms with van der Waals surface area (Å²) in [5.41, 5.74) is 3.71. The first-order chi connectivity index (χ1) is 17.6. The van der Waals surface area contributed by atoms with Crippen LogP contribution in [0.1, 0.15) is 10.4 Å². The van der Waals surface area contributed by atoms with Crippen LogP contribution >= 0.6 is 0 Å². The molecular formula is C29H27N3O4. The van der Waals surface area contributed by atoms with Crippen LogP contribution in [-0.4, -0.2) is 61.7 Å². The van der Waals surface area contributed by atoms with Crippen molar-refractivity contribution < 1.29 is 19.1 Å². The summed E-state index contributed by atoms with van der Waals surface area (Å²) in [5.74, 6) is 0.00622. The van der Waals surface area contributed by atoms with Crippen LogP contribution in [0.3, 0.4) is 0 Å². The van der Waals surface area contributed by atoms with Crippen LogP contribution in [0.25, 0.3) is 22.2 Å². The second kappa shape index (κ2) is 10.5. The zero-order chi connectivity index (χ0) is 24.9. The van der Waals surface area contributed by atoms with Crippen LogP contribution in [0.2, 0.25) is 0 Å². The third kappa shape index (κ3) is 5.00. The maximum absolute atomic E-state index is 13.1. The molecule has 0 aliphatic carbocycles. The Bertz CT molecular complexity index is 1360. The lowest BCUT2D eigenvalue weighted by Crippen LogP contribution is -2.49. The number of benzene rings is 3. The number of aromatic nitrogens is 1. The number of hydrogen-bond donors (Lipinski definition) is 0. The first-order valence-electron chi connectivity index (χ1n) is 11.9. The van der Waals surface area contributed by atoms with E-state index < -0.39 is 5.97 Å². The van der Waals surface area contributed by atoms with Gasteiger partial charge in [0.15, 0.2) is 6.61 Å². The second-order valence-corrected chi connectivity index (χ2v) is 8.58. The number of anilines is 1. The Hall–Kier alpha value is -4.39. The molecule has 1 aliphatic rings. The van der Waals surface area contributed by atoms with Crippen molar-refractivity contribution in [3.05, 3.63) is 90.5 Å². The van der Waals surface area contributed by atoms with Crippen molar-refractivity contribution in [2.24, 2.45) is 0 Å². The fraction of sp³-hybridized carbons (Fsp3) is 0.207. The number of amides is 1. The lowest BCUT2D eigenvalue weighted by atomic mass is 10.0. The Kier molecular flexibility index (Phi) is 6.80. The maximum Gasteiger partial charge on any atom is 0.339 e. The van der Waals surface area contributed by atoms with Crippen LogP contribution in [0.4, 0.5) is 5.69 Å². The number of esters is 1. The van der Waals surface area contributed by atoms with Gasteiger partial charge in [-0.1, -0.05) is 36.4 Å². The molecule has 182 valence electrons. The van der Waals surface area contributed by atoms with Gasteiger partial charge in [-0.05, 0) is 48.5 Å². The molecule has 4 aromatic rings. The Morgan fingerprint density at radius 1 is 0.861 bits per heavy atom. The van der Waals surface area contributed by atoms with Gasteiger partial charge in [-0.25, -0.2) is 9.78 Å². The Balaban J connectivity index is 1.27. The van der Waals surface area contributed by atoms with E-state index in [0.717, 1.165) is 30.1 Å². The van der Waals surface area contributed by atoms with Gasteiger partial charge in [-0.15, -0.1) is 0 Å². The average molecular weight is 482 g/mol. The van der Waals surface area contributed by atoms with Gasteiger partial charge < -0.3 is 19.3 Å². The molecule has 0 saturated carbocycles. The van der Waals surface area contributed by atoms with Crippen molar-refractivity contribution in [1.29, 1.82) is 0 Å². The quantitative estimate of drug-likeness (QED) is 0.380. The highest BCUT2D eigenvalue weighted by Gasteiger charge is 2.23. The molecule has 1 aliphatic heterocycles. The third-order valence-corrected chi connectivity index (χ3v) is 6.40. The maximum atomic E-state index is 13.1. The van der Waals surface area contributed by atoms with Crippen LogP contribution < -0.4 is 9.64 Å². The normalized spacial score (nSPS) is 13.5. The molecule has 1 fully saturated rings. The van der Waals surface area contributed by atoms with Gasteiger partial charge in [-0.2, -0.15) is 0 Å². The number of ether oxygens (including phenoxy) is 2. The van der Waals surface area contributed by atoms with Crippen molar-refractivity contribution in [2.75, 3.05) is 44.8 Å². The minimum atomic E-state index is -0.542. The van der Waals surface area contributed by atoms with E-state index in [1.54, 1.807) is 18.1 Å². The van der Waals surface area contributed by atoms with Gasteiger partial charge >= 0.3 is 5.97 Å². The zero-order valence-electron chi connectivity index (χ0n) is 20.1. The van der Waals surface area contributed by atoms with E-state index in [2.05, 4.69) is 17.0 Å². The predicted molar refractivity (Wildman–Crippen MR) is 139 cm³/mol. The number of para-hydroxylation sites is 2. The number of fused-ring (bicyclic) bond motifs is 1. The van der Waals surface area contributed by atoms with E-state index in [9.17, 15) is 9.59 Å². The summed E-state index contributed by atoms with van der Waals surface area (Å²) < 4.78 is 10.7. The standard InChI is InChI=1S/C29H27N3O4/c1-35-23-13-11-21(12-14-23)27-19-25(24-9-5-6-10-26(24)30-27)29(34)36-20-28(33)32-17-15-31(16-18-32)22-7-3-2-4-8-22/h2-14,19H,15-18,20H2,1H3. The molecule has 1 saturated heterocycles. The minimum Gasteiger partial charge on any atom is -0.497 e. The molecule has 1 aromatic heterocycles. The monoisotopic (exact) mass is 481 g/mol. The highest BCUT2D eigenvalue weighted by atomic mass is 16.5. The summed E-state index contributed by atoms with van der Waals surface area (Å²) >= 11 is 0. The molecule has 7 nitrogen and oxygen atoms in total. The number of nitrogens with zero attached hydrogens (tertiary/aromatic N) is 3. The largest absolute Gasteiger partial charge is 0.497 e. The van der Waals surface area contributed by atoms with E-state index in [4.69, 9.17) is 14.5 Å². The molecule has 3 aromatic carbocycles. The van der Waals surface area contributed by atoms with Crippen molar-refractivity contribution >= 4 is 28.5 Å². The van der Waals surface area contributed by atoms with Crippen molar-refractivity contribution in [2.45, 2.75) is 0 Å². The number of methoxy groups -OCH3 is 1. The fourth-order valence-electron chi connectivity index (χ4n) is 4.40. The first-order valence-corrected chi connectivity index (χ1v) is 11.9. The van der Waals surface area contributed by atoms with E-state index in [0.29, 0.717) is 35.2 Å². The average Bonchev–Trinajstić information content (AvgIpc) is 2.95. The summed E-state index contributed by atoms with van der Waals surface area (Å²) in [4.78, 5) is 34.6. The van der Waals surface area contributed by atoms with Crippen LogP contribution in [0.5, 0.6) is 5.75 Å². The van der Waals surface area contributed by atoms with Crippen molar-refractivity contribution in [3.63, 3.8) is 0 Å². The lowest BCUT2D eigenvalue weighted by Gasteiger charge is -2.36. The molecule has 0 spiro atoms. The van der Waals surface area contributed by atoms with E-state index in [1.807, 2.05) is 66.7 Å². The van der Waals surface area contributed by atoms with Gasteiger partial charge in [0.25, 0.3) is 5.91 Å². The molecule has 0 radical (unpaired) electrons. The summed E-state index contributed by atoms with van der Waals surface area (Å²) in [6.07, 6.45) is 0. The molecular weight excluding hydrogens is 454 g/mol. The first kappa shape index (κ1) is 23.4. The molecule has 0 N–H and O–H groups in total. The van der Waals surface area contributed by atoms with E-state index in [1.165, 1.54) is 0 Å². The van der Waals surface area contributed by atoms with Gasteiger partial charge in [0.05, 0.1) is 23.9 Å². The topological polar surface area (TPSA) is 72.0 Å². The molecule has 5 rings (SSSR count). The lowest BCUT2D eigenvalue weighted by molar-refractivity contribution is -0.134. The Morgan fingerprint density at radius 2 is 1.56 bits per heavy atom. The molecule has 2 heterocycles. The van der Waals surface area contributed by atoms with Crippen molar-refractivity contribution in [3.8, 4) is 17.0 Å². The smallest absolute Gasteiger partial charge is 0.339 e. The zero-order valence-corrected chi connectivity index (χ0v) is 20.1. The number of pyridine rings is 1. The van der Waals surface area contributed by atoms with Gasteiger partial charge in [-0.3, -0.25) is 4.79 Å². The van der Waals surface area contributed by atoms with Crippen LogP contribution in [-0.2, 0) is 9.53 Å². The Labute approximate surface area is 209 Å². The van der Waals surface area contributed by atoms with Crippen LogP contribution in [0.15, 0.2) is 84.9 Å². The number of piperazine rings is 1. The number of carbonyl (C=O) groups excluding carboxylic acids is 2. The molecule has 0 atom stereocenters. The van der Waals surface area contributed by atoms with Gasteiger partial charge in [0, 0.05) is 42.8 Å². The van der Waals surface area contributed by atoms with E-state index in [-0.39, 0.29) is 12.5 Å². The number of hydrogen-bond acceptors (Lipinski definition) is 6. The summed E-state index contributed by atoms with van der Waals surface area (Å²) in [6.45, 7) is 2.36. The van der Waals surface area contributed by atoms with Crippen molar-refractivity contribution in [1.82, 2.24) is 9.88 Å².